The first kappa shape index (κ1) is 17.0. The molecule has 1 aromatic rings. The van der Waals surface area contributed by atoms with Crippen molar-refractivity contribution in [2.45, 2.75) is 71.3 Å². The van der Waals surface area contributed by atoms with Gasteiger partial charge in [0.2, 0.25) is 0 Å². The van der Waals surface area contributed by atoms with Gasteiger partial charge in [-0.1, -0.05) is 46.5 Å². The standard InChI is InChI=1S/C19H32N2O/c1-4-7-8-9-10-13-21-15-19(5-2,6-3)22-18-14-16(20)11-12-17(18)21/h11-12,14H,4-10,13,15,20H2,1-3H3. The van der Waals surface area contributed by atoms with Crippen LogP contribution < -0.4 is 15.4 Å². The molecule has 0 atom stereocenters. The molecule has 1 heterocycles. The number of nitrogen functional groups attached to an aromatic ring is 1. The van der Waals surface area contributed by atoms with E-state index >= 15 is 0 Å². The van der Waals surface area contributed by atoms with E-state index in [2.05, 4.69) is 31.7 Å². The van der Waals surface area contributed by atoms with Crippen molar-refractivity contribution in [2.24, 2.45) is 0 Å². The van der Waals surface area contributed by atoms with Crippen LogP contribution in [0.1, 0.15) is 65.7 Å². The van der Waals surface area contributed by atoms with Crippen LogP contribution in [0.15, 0.2) is 18.2 Å². The first-order valence-corrected chi connectivity index (χ1v) is 8.97. The van der Waals surface area contributed by atoms with Gasteiger partial charge in [0.25, 0.3) is 0 Å². The molecule has 124 valence electrons. The minimum Gasteiger partial charge on any atom is -0.483 e. The van der Waals surface area contributed by atoms with Gasteiger partial charge in [0.05, 0.1) is 12.2 Å². The number of nitrogens with two attached hydrogens (primary N) is 1. The van der Waals surface area contributed by atoms with Gasteiger partial charge in [0, 0.05) is 18.3 Å². The third kappa shape index (κ3) is 3.88. The zero-order valence-electron chi connectivity index (χ0n) is 14.5. The Morgan fingerprint density at radius 3 is 2.50 bits per heavy atom. The normalized spacial score (nSPS) is 16.2. The molecule has 0 saturated carbocycles. The second-order valence-electron chi connectivity index (χ2n) is 6.56. The van der Waals surface area contributed by atoms with E-state index in [0.29, 0.717) is 0 Å². The van der Waals surface area contributed by atoms with E-state index in [1.54, 1.807) is 0 Å². The molecule has 0 radical (unpaired) electrons. The molecular formula is C19H32N2O. The summed E-state index contributed by atoms with van der Waals surface area (Å²) in [5.41, 5.74) is 7.88. The summed E-state index contributed by atoms with van der Waals surface area (Å²) in [6.07, 6.45) is 8.64. The SMILES string of the molecule is CCCCCCCN1CC(CC)(CC)Oc2cc(N)ccc21. The highest BCUT2D eigenvalue weighted by Gasteiger charge is 2.36. The Labute approximate surface area is 135 Å². The molecule has 2 N–H and O–H groups in total. The minimum atomic E-state index is -0.0653. The van der Waals surface area contributed by atoms with Crippen LogP contribution >= 0.6 is 0 Å². The van der Waals surface area contributed by atoms with Crippen molar-refractivity contribution in [1.29, 1.82) is 0 Å². The lowest BCUT2D eigenvalue weighted by atomic mass is 9.93. The lowest BCUT2D eigenvalue weighted by molar-refractivity contribution is 0.0574. The lowest BCUT2D eigenvalue weighted by Crippen LogP contribution is -2.50. The molecular weight excluding hydrogens is 272 g/mol. The smallest absolute Gasteiger partial charge is 0.145 e. The van der Waals surface area contributed by atoms with Crippen LogP contribution in [0.5, 0.6) is 5.75 Å². The summed E-state index contributed by atoms with van der Waals surface area (Å²) in [5.74, 6) is 0.962. The zero-order chi connectivity index (χ0) is 16.0. The van der Waals surface area contributed by atoms with Gasteiger partial charge in [-0.05, 0) is 31.4 Å². The van der Waals surface area contributed by atoms with E-state index in [0.717, 1.165) is 37.4 Å². The fourth-order valence-corrected chi connectivity index (χ4v) is 3.30. The summed E-state index contributed by atoms with van der Waals surface area (Å²) in [6, 6.07) is 6.09. The van der Waals surface area contributed by atoms with Gasteiger partial charge < -0.3 is 15.4 Å². The van der Waals surface area contributed by atoms with Gasteiger partial charge in [-0.25, -0.2) is 0 Å². The van der Waals surface area contributed by atoms with Crippen molar-refractivity contribution >= 4 is 11.4 Å². The van der Waals surface area contributed by atoms with Crippen LogP contribution in [-0.4, -0.2) is 18.7 Å². The van der Waals surface area contributed by atoms with E-state index in [-0.39, 0.29) is 5.60 Å². The summed E-state index contributed by atoms with van der Waals surface area (Å²) in [4.78, 5) is 2.51. The Kier molecular flexibility index (Phi) is 5.98. The number of hydrogen-bond acceptors (Lipinski definition) is 3. The summed E-state index contributed by atoms with van der Waals surface area (Å²) in [6.45, 7) is 8.82. The second-order valence-corrected chi connectivity index (χ2v) is 6.56. The molecule has 0 aromatic heterocycles. The molecule has 0 spiro atoms. The van der Waals surface area contributed by atoms with E-state index in [1.807, 2.05) is 12.1 Å². The maximum atomic E-state index is 6.35. The Bertz CT molecular complexity index is 469. The number of benzene rings is 1. The van der Waals surface area contributed by atoms with Crippen molar-refractivity contribution in [3.63, 3.8) is 0 Å². The number of nitrogens with zero attached hydrogens (tertiary/aromatic N) is 1. The molecule has 1 aliphatic rings. The Morgan fingerprint density at radius 2 is 1.82 bits per heavy atom. The summed E-state index contributed by atoms with van der Waals surface area (Å²) in [7, 11) is 0. The first-order valence-electron chi connectivity index (χ1n) is 8.97. The first-order chi connectivity index (χ1) is 10.6. The number of unbranched alkanes of at least 4 members (excludes halogenated alkanes) is 4. The monoisotopic (exact) mass is 304 g/mol. The fraction of sp³-hybridized carbons (Fsp3) is 0.684. The van der Waals surface area contributed by atoms with Crippen LogP contribution in [0.2, 0.25) is 0 Å². The minimum absolute atomic E-state index is 0.0653. The molecule has 0 amide bonds. The zero-order valence-corrected chi connectivity index (χ0v) is 14.5. The van der Waals surface area contributed by atoms with Gasteiger partial charge in [-0.3, -0.25) is 0 Å². The third-order valence-corrected chi connectivity index (χ3v) is 4.95. The summed E-state index contributed by atoms with van der Waals surface area (Å²) < 4.78 is 6.35. The quantitative estimate of drug-likeness (QED) is 0.543. The molecule has 1 aromatic carbocycles. The predicted molar refractivity (Wildman–Crippen MR) is 95.8 cm³/mol. The largest absolute Gasteiger partial charge is 0.483 e. The van der Waals surface area contributed by atoms with E-state index < -0.39 is 0 Å². The Balaban J connectivity index is 2.10. The molecule has 1 aliphatic heterocycles. The number of fused-ring (bicyclic) bond motifs is 1. The molecule has 0 bridgehead atoms. The fourth-order valence-electron chi connectivity index (χ4n) is 3.30. The van der Waals surface area contributed by atoms with E-state index in [4.69, 9.17) is 10.5 Å². The maximum Gasteiger partial charge on any atom is 0.145 e. The highest BCUT2D eigenvalue weighted by atomic mass is 16.5. The van der Waals surface area contributed by atoms with Gasteiger partial charge in [-0.15, -0.1) is 0 Å². The van der Waals surface area contributed by atoms with Crippen LogP contribution in [0.25, 0.3) is 0 Å². The van der Waals surface area contributed by atoms with Gasteiger partial charge in [-0.2, -0.15) is 0 Å². The maximum absolute atomic E-state index is 6.35. The van der Waals surface area contributed by atoms with Crippen molar-refractivity contribution in [1.82, 2.24) is 0 Å². The number of anilines is 2. The van der Waals surface area contributed by atoms with Crippen molar-refractivity contribution in [3.8, 4) is 5.75 Å². The summed E-state index contributed by atoms with van der Waals surface area (Å²) >= 11 is 0. The third-order valence-electron chi connectivity index (χ3n) is 4.95. The molecule has 22 heavy (non-hydrogen) atoms. The number of ether oxygens (including phenoxy) is 1. The molecule has 0 saturated heterocycles. The number of rotatable bonds is 8. The van der Waals surface area contributed by atoms with Gasteiger partial charge in [0.15, 0.2) is 0 Å². The average Bonchev–Trinajstić information content (AvgIpc) is 2.53. The highest BCUT2D eigenvalue weighted by Crippen LogP contribution is 2.40. The molecule has 3 nitrogen and oxygen atoms in total. The van der Waals surface area contributed by atoms with Gasteiger partial charge >= 0.3 is 0 Å². The van der Waals surface area contributed by atoms with Crippen molar-refractivity contribution < 1.29 is 4.74 Å². The second kappa shape index (κ2) is 7.75. The Morgan fingerprint density at radius 1 is 1.09 bits per heavy atom. The van der Waals surface area contributed by atoms with Crippen LogP contribution in [-0.2, 0) is 0 Å². The van der Waals surface area contributed by atoms with Crippen molar-refractivity contribution in [3.05, 3.63) is 18.2 Å². The molecule has 0 fully saturated rings. The highest BCUT2D eigenvalue weighted by molar-refractivity contribution is 5.65. The Hall–Kier alpha value is -1.38. The van der Waals surface area contributed by atoms with Crippen LogP contribution in [0.4, 0.5) is 11.4 Å². The van der Waals surface area contributed by atoms with E-state index in [1.165, 1.54) is 37.8 Å². The predicted octanol–water partition coefficient (Wildman–Crippen LogP) is 5.00. The molecule has 0 unspecified atom stereocenters. The topological polar surface area (TPSA) is 38.5 Å². The lowest BCUT2D eigenvalue weighted by Gasteiger charge is -2.44. The molecule has 3 heteroatoms. The van der Waals surface area contributed by atoms with Crippen LogP contribution in [0.3, 0.4) is 0 Å². The summed E-state index contributed by atoms with van der Waals surface area (Å²) in [5, 5.41) is 0. The van der Waals surface area contributed by atoms with E-state index in [9.17, 15) is 0 Å². The van der Waals surface area contributed by atoms with Gasteiger partial charge in [0.1, 0.15) is 11.4 Å². The molecule has 2 rings (SSSR count). The average molecular weight is 304 g/mol. The van der Waals surface area contributed by atoms with Crippen molar-refractivity contribution in [2.75, 3.05) is 23.7 Å². The van der Waals surface area contributed by atoms with Crippen LogP contribution in [0, 0.1) is 0 Å². The molecule has 0 aliphatic carbocycles. The number of hydrogen-bond donors (Lipinski definition) is 1.